The van der Waals surface area contributed by atoms with Gasteiger partial charge in [0, 0.05) is 43.6 Å². The Balaban J connectivity index is 1.18. The molecule has 0 aliphatic carbocycles. The molecule has 9 heteroatoms. The number of aromatic nitrogens is 2. The molecule has 1 N–H and O–H groups in total. The summed E-state index contributed by atoms with van der Waals surface area (Å²) in [6, 6.07) is 15.5. The summed E-state index contributed by atoms with van der Waals surface area (Å²) < 4.78 is 8.10. The van der Waals surface area contributed by atoms with E-state index in [1.165, 1.54) is 30.3 Å². The summed E-state index contributed by atoms with van der Waals surface area (Å²) in [6.07, 6.45) is 6.14. The molecule has 0 atom stereocenters. The van der Waals surface area contributed by atoms with Crippen LogP contribution in [0.15, 0.2) is 53.7 Å². The van der Waals surface area contributed by atoms with Crippen LogP contribution < -0.4 is 10.2 Å². The normalized spacial score (nSPS) is 21.3. The van der Waals surface area contributed by atoms with Crippen molar-refractivity contribution in [3.8, 4) is 5.69 Å². The first-order valence-electron chi connectivity index (χ1n) is 12.0. The Hall–Kier alpha value is -2.72. The predicted molar refractivity (Wildman–Crippen MR) is 145 cm³/mol. The molecule has 7 nitrogen and oxygen atoms in total. The number of thioether (sulfide) groups is 1. The van der Waals surface area contributed by atoms with E-state index in [0.717, 1.165) is 61.7 Å². The lowest BCUT2D eigenvalue weighted by Crippen LogP contribution is -2.49. The van der Waals surface area contributed by atoms with Crippen LogP contribution in [0.2, 0.25) is 0 Å². The molecule has 3 fully saturated rings. The maximum atomic E-state index is 12.0. The summed E-state index contributed by atoms with van der Waals surface area (Å²) in [7, 11) is 0. The van der Waals surface area contributed by atoms with Gasteiger partial charge in [0.1, 0.15) is 10.6 Å². The average Bonchev–Trinajstić information content (AvgIpc) is 3.46. The van der Waals surface area contributed by atoms with E-state index in [1.54, 1.807) is 0 Å². The highest BCUT2D eigenvalue weighted by molar-refractivity contribution is 8.26. The lowest BCUT2D eigenvalue weighted by Gasteiger charge is -2.40. The molecular weight excluding hydrogens is 478 g/mol. The number of nitrogens with zero attached hydrogens (tertiary/aromatic N) is 4. The molecule has 0 spiro atoms. The maximum Gasteiger partial charge on any atom is 0.263 e. The van der Waals surface area contributed by atoms with E-state index in [-0.39, 0.29) is 5.91 Å². The topological polar surface area (TPSA) is 62.6 Å². The van der Waals surface area contributed by atoms with Crippen molar-refractivity contribution in [3.05, 3.63) is 59.3 Å². The fourth-order valence-corrected chi connectivity index (χ4v) is 6.19. The Morgan fingerprint density at radius 1 is 1.03 bits per heavy atom. The number of amides is 1. The van der Waals surface area contributed by atoms with Crippen molar-refractivity contribution in [1.29, 1.82) is 0 Å². The zero-order chi connectivity index (χ0) is 23.8. The first-order valence-corrected chi connectivity index (χ1v) is 13.3. The number of anilines is 1. The molecule has 1 aromatic heterocycles. The van der Waals surface area contributed by atoms with Gasteiger partial charge in [0.15, 0.2) is 0 Å². The zero-order valence-corrected chi connectivity index (χ0v) is 21.0. The molecule has 3 aliphatic heterocycles. The zero-order valence-electron chi connectivity index (χ0n) is 19.4. The first-order chi connectivity index (χ1) is 17.1. The summed E-state index contributed by atoms with van der Waals surface area (Å²) in [5, 5.41) is 2.67. The van der Waals surface area contributed by atoms with Crippen molar-refractivity contribution in [3.63, 3.8) is 0 Å². The van der Waals surface area contributed by atoms with Crippen molar-refractivity contribution in [2.24, 2.45) is 0 Å². The highest BCUT2D eigenvalue weighted by Gasteiger charge is 2.26. The molecule has 1 amide bonds. The highest BCUT2D eigenvalue weighted by Crippen LogP contribution is 2.29. The molecule has 0 saturated carbocycles. The van der Waals surface area contributed by atoms with Crippen LogP contribution in [0.3, 0.4) is 0 Å². The predicted octanol–water partition coefficient (Wildman–Crippen LogP) is 3.82. The summed E-state index contributed by atoms with van der Waals surface area (Å²) in [5.41, 5.74) is 5.20. The summed E-state index contributed by atoms with van der Waals surface area (Å²) in [5.74, 6) is -0.141. The molecule has 35 heavy (non-hydrogen) atoms. The third kappa shape index (κ3) is 4.73. The molecular formula is C26H27N5O2S2. The van der Waals surface area contributed by atoms with Gasteiger partial charge in [-0.3, -0.25) is 14.3 Å². The van der Waals surface area contributed by atoms with E-state index in [9.17, 15) is 4.79 Å². The van der Waals surface area contributed by atoms with Crippen molar-refractivity contribution in [2.45, 2.75) is 18.9 Å². The number of nitrogens with one attached hydrogen (secondary N) is 1. The molecule has 3 aromatic rings. The Morgan fingerprint density at radius 3 is 2.49 bits per heavy atom. The SMILES string of the molecule is O=C1NC(=S)S/C1=C\c1ccc2ncn(-c3ccc(N4CCC(N5CCOCC5)CC4)cc3)c2c1. The van der Waals surface area contributed by atoms with Crippen LogP contribution in [-0.2, 0) is 9.53 Å². The minimum Gasteiger partial charge on any atom is -0.379 e. The van der Waals surface area contributed by atoms with Crippen molar-refractivity contribution in [2.75, 3.05) is 44.3 Å². The van der Waals surface area contributed by atoms with Crippen LogP contribution in [0.25, 0.3) is 22.8 Å². The van der Waals surface area contributed by atoms with Crippen molar-refractivity contribution >= 4 is 57.0 Å². The number of piperidine rings is 1. The van der Waals surface area contributed by atoms with Crippen LogP contribution in [0.5, 0.6) is 0 Å². The van der Waals surface area contributed by atoms with Gasteiger partial charge in [-0.05, 0) is 60.9 Å². The van der Waals surface area contributed by atoms with Gasteiger partial charge in [0.25, 0.3) is 5.91 Å². The fourth-order valence-electron chi connectivity index (χ4n) is 5.15. The Labute approximate surface area is 214 Å². The summed E-state index contributed by atoms with van der Waals surface area (Å²) in [4.78, 5) is 22.3. The molecule has 3 aliphatic rings. The van der Waals surface area contributed by atoms with Crippen LogP contribution in [-0.4, -0.2) is 70.1 Å². The largest absolute Gasteiger partial charge is 0.379 e. The van der Waals surface area contributed by atoms with E-state index in [1.807, 2.05) is 24.5 Å². The van der Waals surface area contributed by atoms with Crippen LogP contribution in [0, 0.1) is 0 Å². The van der Waals surface area contributed by atoms with Gasteiger partial charge in [-0.2, -0.15) is 0 Å². The van der Waals surface area contributed by atoms with Gasteiger partial charge >= 0.3 is 0 Å². The van der Waals surface area contributed by atoms with Gasteiger partial charge < -0.3 is 15.0 Å². The number of thiocarbonyl (C=S) groups is 1. The van der Waals surface area contributed by atoms with Gasteiger partial charge in [-0.15, -0.1) is 0 Å². The number of imidazole rings is 1. The second-order valence-corrected chi connectivity index (χ2v) is 10.8. The van der Waals surface area contributed by atoms with Gasteiger partial charge in [0.05, 0.1) is 29.2 Å². The van der Waals surface area contributed by atoms with Crippen LogP contribution >= 0.6 is 24.0 Å². The molecule has 6 rings (SSSR count). The average molecular weight is 506 g/mol. The van der Waals surface area contributed by atoms with Crippen molar-refractivity contribution < 1.29 is 9.53 Å². The van der Waals surface area contributed by atoms with Gasteiger partial charge in [-0.1, -0.05) is 30.0 Å². The number of carbonyl (C=O) groups excluding carboxylic acids is 1. The maximum absolute atomic E-state index is 12.0. The Bertz CT molecular complexity index is 1290. The number of benzene rings is 2. The van der Waals surface area contributed by atoms with Crippen LogP contribution in [0.4, 0.5) is 5.69 Å². The summed E-state index contributed by atoms with van der Waals surface area (Å²) in [6.45, 7) is 6.04. The number of morpholine rings is 1. The third-order valence-corrected chi connectivity index (χ3v) is 8.19. The lowest BCUT2D eigenvalue weighted by atomic mass is 10.0. The van der Waals surface area contributed by atoms with Gasteiger partial charge in [0.2, 0.25) is 0 Å². The molecule has 0 radical (unpaired) electrons. The third-order valence-electron chi connectivity index (χ3n) is 7.03. The minimum atomic E-state index is -0.141. The smallest absolute Gasteiger partial charge is 0.263 e. The van der Waals surface area contributed by atoms with Gasteiger partial charge in [-0.25, -0.2) is 4.98 Å². The molecule has 4 heterocycles. The van der Waals surface area contributed by atoms with E-state index < -0.39 is 0 Å². The Kier molecular flexibility index (Phi) is 6.32. The summed E-state index contributed by atoms with van der Waals surface area (Å²) >= 11 is 6.39. The lowest BCUT2D eigenvalue weighted by molar-refractivity contribution is -0.115. The number of hydrogen-bond donors (Lipinski definition) is 1. The quantitative estimate of drug-likeness (QED) is 0.427. The monoisotopic (exact) mass is 505 g/mol. The molecule has 2 aromatic carbocycles. The van der Waals surface area contributed by atoms with E-state index in [2.05, 4.69) is 55.0 Å². The number of carbonyl (C=O) groups is 1. The highest BCUT2D eigenvalue weighted by atomic mass is 32.2. The first kappa shape index (κ1) is 22.7. The number of ether oxygens (including phenoxy) is 1. The molecule has 3 saturated heterocycles. The van der Waals surface area contributed by atoms with E-state index in [4.69, 9.17) is 17.0 Å². The fraction of sp³-hybridized carbons (Fsp3) is 0.346. The standard InChI is InChI=1S/C26H27N5O2S2/c32-25-24(35-26(34)28-25)16-18-1-6-22-23(15-18)31(17-27-22)21-4-2-19(3-5-21)29-9-7-20(8-10-29)30-11-13-33-14-12-30/h1-6,15-17,20H,7-14H2,(H,28,32,34)/b24-16-. The second kappa shape index (κ2) is 9.73. The molecule has 0 unspecified atom stereocenters. The minimum absolute atomic E-state index is 0.141. The second-order valence-electron chi connectivity index (χ2n) is 9.10. The number of rotatable bonds is 4. The van der Waals surface area contributed by atoms with E-state index >= 15 is 0 Å². The Morgan fingerprint density at radius 2 is 1.77 bits per heavy atom. The molecule has 0 bridgehead atoms. The van der Waals surface area contributed by atoms with Crippen LogP contribution in [0.1, 0.15) is 18.4 Å². The van der Waals surface area contributed by atoms with Crippen molar-refractivity contribution in [1.82, 2.24) is 19.8 Å². The number of fused-ring (bicyclic) bond motifs is 1. The molecule has 180 valence electrons. The number of hydrogen-bond acceptors (Lipinski definition) is 7. The van der Waals surface area contributed by atoms with E-state index in [0.29, 0.717) is 15.3 Å².